The first-order valence-electron chi connectivity index (χ1n) is 9.92. The number of unbranched alkanes of at least 4 members (excludes halogenated alkanes) is 2. The highest BCUT2D eigenvalue weighted by atomic mass is 16.4. The van der Waals surface area contributed by atoms with Gasteiger partial charge in [0.05, 0.1) is 0 Å². The van der Waals surface area contributed by atoms with Crippen LogP contribution in [0.3, 0.4) is 0 Å². The first-order chi connectivity index (χ1) is 12.8. The summed E-state index contributed by atoms with van der Waals surface area (Å²) >= 11 is 0. The van der Waals surface area contributed by atoms with Crippen molar-refractivity contribution in [2.75, 3.05) is 0 Å². The van der Waals surface area contributed by atoms with E-state index in [0.717, 1.165) is 44.1 Å². The average molecular weight is 375 g/mol. The molecule has 0 amide bonds. The zero-order chi connectivity index (χ0) is 20.4. The molecule has 0 atom stereocenters. The van der Waals surface area contributed by atoms with Crippen LogP contribution in [0.2, 0.25) is 0 Å². The van der Waals surface area contributed by atoms with E-state index in [1.54, 1.807) is 0 Å². The highest BCUT2D eigenvalue weighted by molar-refractivity contribution is 5.93. The maximum absolute atomic E-state index is 11.6. The van der Waals surface area contributed by atoms with Crippen molar-refractivity contribution < 1.29 is 20.1 Å². The molecular formula is C23H34O4. The zero-order valence-corrected chi connectivity index (χ0v) is 17.1. The van der Waals surface area contributed by atoms with Crippen molar-refractivity contribution in [1.29, 1.82) is 0 Å². The SMILES string of the molecule is CCCCCc1cc(O)c(C/C=C(\C)CC/C=C(/C)CC)c(O)c1C(=O)O. The van der Waals surface area contributed by atoms with Crippen molar-refractivity contribution in [3.63, 3.8) is 0 Å². The average Bonchev–Trinajstić information content (AvgIpc) is 2.60. The normalized spacial score (nSPS) is 12.4. The Kier molecular flexibility index (Phi) is 9.70. The second-order valence-electron chi connectivity index (χ2n) is 7.22. The molecule has 0 fully saturated rings. The minimum absolute atomic E-state index is 0.0326. The summed E-state index contributed by atoms with van der Waals surface area (Å²) in [6.07, 6.45) is 10.8. The van der Waals surface area contributed by atoms with Gasteiger partial charge in [-0.3, -0.25) is 0 Å². The number of phenols is 2. The van der Waals surface area contributed by atoms with Gasteiger partial charge in [0, 0.05) is 5.56 Å². The highest BCUT2D eigenvalue weighted by Gasteiger charge is 2.21. The van der Waals surface area contributed by atoms with Crippen molar-refractivity contribution in [2.45, 2.75) is 79.1 Å². The molecule has 0 aromatic heterocycles. The van der Waals surface area contributed by atoms with Gasteiger partial charge in [-0.1, -0.05) is 50.0 Å². The number of phenolic OH excluding ortho intramolecular Hbond substituents is 1. The molecule has 3 N–H and O–H groups in total. The van der Waals surface area contributed by atoms with Crippen molar-refractivity contribution in [3.05, 3.63) is 46.1 Å². The number of aromatic hydroxyl groups is 2. The highest BCUT2D eigenvalue weighted by Crippen LogP contribution is 2.35. The van der Waals surface area contributed by atoms with Crippen LogP contribution in [0.1, 0.15) is 87.7 Å². The number of carbonyl (C=O) groups is 1. The van der Waals surface area contributed by atoms with Crippen LogP contribution in [0.15, 0.2) is 29.4 Å². The van der Waals surface area contributed by atoms with Crippen LogP contribution in [-0.2, 0) is 12.8 Å². The quantitative estimate of drug-likeness (QED) is 0.320. The first kappa shape index (κ1) is 22.8. The van der Waals surface area contributed by atoms with Gasteiger partial charge in [0.25, 0.3) is 0 Å². The molecule has 0 aliphatic heterocycles. The van der Waals surface area contributed by atoms with Gasteiger partial charge >= 0.3 is 5.97 Å². The van der Waals surface area contributed by atoms with E-state index in [-0.39, 0.29) is 22.6 Å². The fourth-order valence-electron chi connectivity index (χ4n) is 3.02. The second-order valence-corrected chi connectivity index (χ2v) is 7.22. The molecule has 1 aromatic carbocycles. The third kappa shape index (κ3) is 7.12. The van der Waals surface area contributed by atoms with E-state index in [1.807, 2.05) is 13.0 Å². The van der Waals surface area contributed by atoms with Gasteiger partial charge in [0.15, 0.2) is 0 Å². The van der Waals surface area contributed by atoms with E-state index in [4.69, 9.17) is 0 Å². The Hall–Kier alpha value is -2.23. The van der Waals surface area contributed by atoms with Crippen molar-refractivity contribution >= 4 is 5.97 Å². The fourth-order valence-corrected chi connectivity index (χ4v) is 3.02. The zero-order valence-electron chi connectivity index (χ0n) is 17.1. The Morgan fingerprint density at radius 3 is 2.37 bits per heavy atom. The van der Waals surface area contributed by atoms with Gasteiger partial charge in [-0.25, -0.2) is 4.79 Å². The Morgan fingerprint density at radius 1 is 1.07 bits per heavy atom. The number of allylic oxidation sites excluding steroid dienone is 4. The number of carboxylic acids is 1. The molecule has 0 bridgehead atoms. The van der Waals surface area contributed by atoms with Crippen LogP contribution in [-0.4, -0.2) is 21.3 Å². The molecule has 1 rings (SSSR count). The molecule has 0 radical (unpaired) electrons. The fraction of sp³-hybridized carbons (Fsp3) is 0.522. The summed E-state index contributed by atoms with van der Waals surface area (Å²) < 4.78 is 0. The van der Waals surface area contributed by atoms with Gasteiger partial charge in [-0.05, 0) is 64.0 Å². The molecule has 0 aliphatic carbocycles. The number of aryl methyl sites for hydroxylation is 1. The topological polar surface area (TPSA) is 77.8 Å². The maximum Gasteiger partial charge on any atom is 0.339 e. The van der Waals surface area contributed by atoms with E-state index in [9.17, 15) is 20.1 Å². The molecule has 4 heteroatoms. The van der Waals surface area contributed by atoms with Crippen LogP contribution in [0.5, 0.6) is 11.5 Å². The smallest absolute Gasteiger partial charge is 0.339 e. The van der Waals surface area contributed by atoms with E-state index in [1.165, 1.54) is 11.6 Å². The Morgan fingerprint density at radius 2 is 1.78 bits per heavy atom. The Balaban J connectivity index is 2.99. The van der Waals surface area contributed by atoms with E-state index in [2.05, 4.69) is 26.8 Å². The van der Waals surface area contributed by atoms with Crippen molar-refractivity contribution in [1.82, 2.24) is 0 Å². The molecule has 0 saturated carbocycles. The molecule has 1 aromatic rings. The van der Waals surface area contributed by atoms with Crippen LogP contribution >= 0.6 is 0 Å². The summed E-state index contributed by atoms with van der Waals surface area (Å²) in [5, 5.41) is 30.4. The molecule has 27 heavy (non-hydrogen) atoms. The number of hydrogen-bond acceptors (Lipinski definition) is 3. The number of benzene rings is 1. The molecule has 0 spiro atoms. The number of hydrogen-bond donors (Lipinski definition) is 3. The van der Waals surface area contributed by atoms with Crippen molar-refractivity contribution in [2.24, 2.45) is 0 Å². The van der Waals surface area contributed by atoms with Gasteiger partial charge in [-0.2, -0.15) is 0 Å². The van der Waals surface area contributed by atoms with Crippen LogP contribution < -0.4 is 0 Å². The van der Waals surface area contributed by atoms with Gasteiger partial charge < -0.3 is 15.3 Å². The third-order valence-electron chi connectivity index (χ3n) is 4.97. The lowest BCUT2D eigenvalue weighted by Gasteiger charge is -2.14. The summed E-state index contributed by atoms with van der Waals surface area (Å²) in [6, 6.07) is 1.50. The lowest BCUT2D eigenvalue weighted by Crippen LogP contribution is -2.05. The molecule has 0 unspecified atom stereocenters. The van der Waals surface area contributed by atoms with Crippen LogP contribution in [0.25, 0.3) is 0 Å². The van der Waals surface area contributed by atoms with Crippen LogP contribution in [0.4, 0.5) is 0 Å². The standard InChI is InChI=1S/C23H34O4/c1-5-7-8-12-18-15-20(24)19(22(25)21(18)23(26)27)14-13-17(4)11-9-10-16(3)6-2/h10,13,15,24-25H,5-9,11-12,14H2,1-4H3,(H,26,27)/b16-10-,17-13+. The van der Waals surface area contributed by atoms with E-state index >= 15 is 0 Å². The summed E-state index contributed by atoms with van der Waals surface area (Å²) in [5.74, 6) is -1.49. The second kappa shape index (κ2) is 11.5. The number of rotatable bonds is 11. The lowest BCUT2D eigenvalue weighted by atomic mass is 9.95. The van der Waals surface area contributed by atoms with Gasteiger partial charge in [0.2, 0.25) is 0 Å². The summed E-state index contributed by atoms with van der Waals surface area (Å²) in [5.41, 5.74) is 3.22. The molecule has 0 aliphatic rings. The minimum Gasteiger partial charge on any atom is -0.508 e. The maximum atomic E-state index is 11.6. The first-order valence-corrected chi connectivity index (χ1v) is 9.92. The summed E-state index contributed by atoms with van der Waals surface area (Å²) in [7, 11) is 0. The molecule has 4 nitrogen and oxygen atoms in total. The predicted octanol–water partition coefficient (Wildman–Crippen LogP) is 6.15. The van der Waals surface area contributed by atoms with E-state index in [0.29, 0.717) is 18.4 Å². The van der Waals surface area contributed by atoms with E-state index < -0.39 is 5.97 Å². The predicted molar refractivity (Wildman–Crippen MR) is 111 cm³/mol. The molecule has 0 saturated heterocycles. The van der Waals surface area contributed by atoms with Gasteiger partial charge in [-0.15, -0.1) is 0 Å². The summed E-state index contributed by atoms with van der Waals surface area (Å²) in [6.45, 7) is 8.33. The largest absolute Gasteiger partial charge is 0.508 e. The monoisotopic (exact) mass is 374 g/mol. The number of carboxylic acid groups (broad SMARTS) is 1. The Labute approximate surface area is 163 Å². The summed E-state index contributed by atoms with van der Waals surface area (Å²) in [4.78, 5) is 11.6. The van der Waals surface area contributed by atoms with Crippen LogP contribution in [0, 0.1) is 0 Å². The minimum atomic E-state index is -1.15. The molecule has 150 valence electrons. The van der Waals surface area contributed by atoms with Gasteiger partial charge in [0.1, 0.15) is 17.1 Å². The lowest BCUT2D eigenvalue weighted by molar-refractivity contribution is 0.0692. The molecular weight excluding hydrogens is 340 g/mol. The Bertz CT molecular complexity index is 699. The molecule has 0 heterocycles. The number of aromatic carboxylic acids is 1. The van der Waals surface area contributed by atoms with Crippen molar-refractivity contribution in [3.8, 4) is 11.5 Å². The third-order valence-corrected chi connectivity index (χ3v) is 4.97.